The van der Waals surface area contributed by atoms with Crippen molar-refractivity contribution in [1.29, 1.82) is 10.5 Å². The number of aromatic nitrogens is 4. The number of hydrogen-bond acceptors (Lipinski definition) is 20. The predicted molar refractivity (Wildman–Crippen MR) is 198 cm³/mol. The second kappa shape index (κ2) is 17.3. The number of nitrogens with two attached hydrogens (primary N) is 2. The number of anilines is 2. The first-order valence-electron chi connectivity index (χ1n) is 17.3. The molecule has 23 nitrogen and oxygen atoms in total. The number of aliphatic hydroxyl groups excluding tert-OH is 3. The van der Waals surface area contributed by atoms with Gasteiger partial charge in [0, 0.05) is 12.4 Å². The monoisotopic (exact) mass is 833 g/mol. The number of nitrogen functional groups attached to an aromatic ring is 2. The van der Waals surface area contributed by atoms with Crippen LogP contribution in [0.3, 0.4) is 0 Å². The van der Waals surface area contributed by atoms with Gasteiger partial charge in [-0.15, -0.1) is 0 Å². The largest absolute Gasteiger partial charge is 0.462 e. The normalized spacial score (nSPS) is 30.6. The van der Waals surface area contributed by atoms with Crippen LogP contribution in [-0.2, 0) is 39.5 Å². The van der Waals surface area contributed by atoms with Crippen molar-refractivity contribution in [2.24, 2.45) is 0 Å². The van der Waals surface area contributed by atoms with E-state index in [-0.39, 0.29) is 17.4 Å². The summed E-state index contributed by atoms with van der Waals surface area (Å²) in [5.41, 5.74) is -0.198. The summed E-state index contributed by atoms with van der Waals surface area (Å²) < 4.78 is 42.2. The van der Waals surface area contributed by atoms with Gasteiger partial charge in [0.05, 0.1) is 19.3 Å². The lowest BCUT2D eigenvalue weighted by Gasteiger charge is -2.34. The molecule has 0 radical (unpaired) electrons. The first-order valence-corrected chi connectivity index (χ1v) is 18.9. The molecule has 314 valence electrons. The topological polar surface area (TPSA) is 363 Å². The lowest BCUT2D eigenvalue weighted by Crippen LogP contribution is -2.57. The maximum Gasteiger partial charge on any atom is 0.459 e. The van der Waals surface area contributed by atoms with Crippen molar-refractivity contribution in [2.75, 3.05) is 24.7 Å². The van der Waals surface area contributed by atoms with Crippen LogP contribution in [0.5, 0.6) is 5.75 Å². The number of carbonyl (C=O) groups excluding carboxylic acids is 1. The minimum Gasteiger partial charge on any atom is -0.462 e. The van der Waals surface area contributed by atoms with Crippen LogP contribution in [-0.4, -0.2) is 112 Å². The lowest BCUT2D eigenvalue weighted by atomic mass is 9.88. The van der Waals surface area contributed by atoms with E-state index in [9.17, 15) is 49.9 Å². The Kier molecular flexibility index (Phi) is 13.5. The molecule has 10 atom stereocenters. The molecule has 0 amide bonds. The molecule has 2 fully saturated rings. The van der Waals surface area contributed by atoms with Crippen molar-refractivity contribution < 1.29 is 58.2 Å². The van der Waals surface area contributed by atoms with Gasteiger partial charge in [-0.25, -0.2) is 14.2 Å². The Morgan fingerprint density at radius 1 is 0.914 bits per heavy atom. The molecule has 3 aromatic rings. The summed E-state index contributed by atoms with van der Waals surface area (Å²) >= 11 is 0. The average molecular weight is 834 g/mol. The molecule has 0 unspecified atom stereocenters. The number of ether oxygens (including phenoxy) is 3. The number of hydrogen-bond donors (Lipinski definition) is 8. The number of nitriles is 2. The second-order valence-electron chi connectivity index (χ2n) is 13.7. The van der Waals surface area contributed by atoms with E-state index in [0.717, 1.165) is 30.8 Å². The van der Waals surface area contributed by atoms with Gasteiger partial charge < -0.3 is 55.7 Å². The maximum atomic E-state index is 13.7. The van der Waals surface area contributed by atoms with Crippen molar-refractivity contribution in [3.8, 4) is 17.9 Å². The van der Waals surface area contributed by atoms with Crippen LogP contribution < -0.4 is 32.5 Å². The van der Waals surface area contributed by atoms with E-state index in [2.05, 4.69) is 15.1 Å². The smallest absolute Gasteiger partial charge is 0.459 e. The zero-order valence-corrected chi connectivity index (χ0v) is 32.7. The molecule has 0 bridgehead atoms. The third-order valence-corrected chi connectivity index (χ3v) is 10.8. The van der Waals surface area contributed by atoms with Gasteiger partial charge in [0.25, 0.3) is 11.4 Å². The molecule has 24 heteroatoms. The molecule has 0 spiro atoms. The van der Waals surface area contributed by atoms with Gasteiger partial charge in [-0.1, -0.05) is 18.2 Å². The number of rotatable bonds is 12. The van der Waals surface area contributed by atoms with E-state index in [1.54, 1.807) is 44.2 Å². The van der Waals surface area contributed by atoms with E-state index in [0.29, 0.717) is 4.57 Å². The minimum absolute atomic E-state index is 0.0590. The van der Waals surface area contributed by atoms with Crippen LogP contribution in [0.2, 0.25) is 0 Å². The quantitative estimate of drug-likeness (QED) is 0.0733. The fourth-order valence-electron chi connectivity index (χ4n) is 6.00. The molecular formula is C34H44N9O14P. The van der Waals surface area contributed by atoms with Gasteiger partial charge in [-0.2, -0.15) is 25.6 Å². The standard InChI is InChI=1S/C23H30N5O9P.C11H14N4O5/c1-14(2)35-20(30)15(3)27-38(33,37-16-8-6-5-7-9-16)34-12-17-19(29)22(4,32)23(13-24,36-17)28-11-10-18(25)26-21(28)31;1-10(19)8(17)6(4-16)20-11(10,5-12)15-3-2-7(13)14-9(15)18/h5-11,14-15,17,19,29,32H,12H2,1-4H3,(H,27,33)(H2,25,26,31);2-3,6,8,16-17,19H,4H2,1H3,(H2,13,14,18)/t15-,17+,19+,22+,23+,38-;6-,8-,10-,11-/m01/s1. The molecule has 2 aliphatic rings. The molecule has 2 saturated heterocycles. The Balaban J connectivity index is 0.000000311. The molecular weight excluding hydrogens is 789 g/mol. The Bertz CT molecular complexity index is 2210. The molecule has 2 aliphatic heterocycles. The highest BCUT2D eigenvalue weighted by molar-refractivity contribution is 7.52. The summed E-state index contributed by atoms with van der Waals surface area (Å²) in [4.78, 5) is 43.7. The van der Waals surface area contributed by atoms with Gasteiger partial charge in [-0.3, -0.25) is 18.5 Å². The van der Waals surface area contributed by atoms with E-state index in [1.165, 1.54) is 31.2 Å². The average Bonchev–Trinajstić information content (AvgIpc) is 3.48. The SMILES string of the molecule is CC(C)OC(=O)[C@H](C)N[P@](=O)(OC[C@H]1O[C@@](C#N)(n2ccc(N)nc2=O)[C@](C)(O)[C@@H]1O)Oc1ccccc1.C[C@@]1(O)[C@H](O)[C@@H](CO)O[C@@]1(C#N)n1ccc(N)nc1=O. The minimum atomic E-state index is -4.36. The first kappa shape index (κ1) is 45.4. The summed E-state index contributed by atoms with van der Waals surface area (Å²) in [5.74, 6) is -0.776. The van der Waals surface area contributed by atoms with Crippen molar-refractivity contribution >= 4 is 25.4 Å². The van der Waals surface area contributed by atoms with Gasteiger partial charge >= 0.3 is 25.1 Å². The van der Waals surface area contributed by atoms with Crippen LogP contribution in [0.25, 0.3) is 0 Å². The van der Waals surface area contributed by atoms with Gasteiger partial charge in [0.2, 0.25) is 0 Å². The third kappa shape index (κ3) is 8.60. The van der Waals surface area contributed by atoms with E-state index < -0.39 is 97.5 Å². The molecule has 5 rings (SSSR count). The first-order chi connectivity index (χ1) is 27.0. The molecule has 0 aliphatic carbocycles. The highest BCUT2D eigenvalue weighted by Crippen LogP contribution is 2.48. The number of esters is 1. The number of para-hydroxylation sites is 1. The van der Waals surface area contributed by atoms with Crippen LogP contribution in [0.15, 0.2) is 64.4 Å². The van der Waals surface area contributed by atoms with Gasteiger partial charge in [-0.05, 0) is 58.9 Å². The Morgan fingerprint density at radius 2 is 1.38 bits per heavy atom. The summed E-state index contributed by atoms with van der Waals surface area (Å²) in [7, 11) is -4.36. The summed E-state index contributed by atoms with van der Waals surface area (Å²) in [5, 5.41) is 73.3. The molecule has 1 aromatic carbocycles. The Labute approximate surface area is 330 Å². The fraction of sp³-hybridized carbons (Fsp3) is 0.500. The Hall–Kier alpha value is -5.30. The number of nitrogens with zero attached hydrogens (tertiary/aromatic N) is 6. The molecule has 0 saturated carbocycles. The second-order valence-corrected chi connectivity index (χ2v) is 15.4. The number of benzene rings is 1. The fourth-order valence-corrected chi connectivity index (χ4v) is 7.50. The van der Waals surface area contributed by atoms with Crippen LogP contribution in [0.4, 0.5) is 11.6 Å². The van der Waals surface area contributed by atoms with E-state index in [1.807, 2.05) is 0 Å². The molecule has 2 aromatic heterocycles. The molecule has 10 N–H and O–H groups in total. The Morgan fingerprint density at radius 3 is 1.79 bits per heavy atom. The van der Waals surface area contributed by atoms with Crippen molar-refractivity contribution in [2.45, 2.75) is 93.8 Å². The highest BCUT2D eigenvalue weighted by atomic mass is 31.2. The summed E-state index contributed by atoms with van der Waals surface area (Å²) in [6.45, 7) is 5.59. The van der Waals surface area contributed by atoms with Crippen LogP contribution in [0.1, 0.15) is 34.6 Å². The van der Waals surface area contributed by atoms with Crippen molar-refractivity contribution in [3.05, 3.63) is 75.8 Å². The van der Waals surface area contributed by atoms with Gasteiger partial charge in [0.15, 0.2) is 11.2 Å². The molecule has 4 heterocycles. The van der Waals surface area contributed by atoms with Crippen molar-refractivity contribution in [3.63, 3.8) is 0 Å². The zero-order valence-electron chi connectivity index (χ0n) is 31.8. The van der Waals surface area contributed by atoms with Crippen LogP contribution >= 0.6 is 7.75 Å². The predicted octanol–water partition coefficient (Wildman–Crippen LogP) is -1.85. The third-order valence-electron chi connectivity index (χ3n) is 9.12. The van der Waals surface area contributed by atoms with E-state index >= 15 is 0 Å². The highest BCUT2D eigenvalue weighted by Gasteiger charge is 2.66. The van der Waals surface area contributed by atoms with Gasteiger partial charge in [0.1, 0.15) is 60.0 Å². The number of aliphatic hydroxyl groups is 5. The number of nitrogens with one attached hydrogen (secondary N) is 1. The molecule has 58 heavy (non-hydrogen) atoms. The van der Waals surface area contributed by atoms with E-state index in [4.69, 9.17) is 39.8 Å². The maximum absolute atomic E-state index is 13.7. The lowest BCUT2D eigenvalue weighted by molar-refractivity contribution is -0.152. The number of carbonyl (C=O) groups is 1. The summed E-state index contributed by atoms with van der Waals surface area (Å²) in [6, 6.07) is 12.7. The zero-order chi connectivity index (χ0) is 43.4. The summed E-state index contributed by atoms with van der Waals surface area (Å²) in [6.07, 6.45) is -4.27. The van der Waals surface area contributed by atoms with Crippen molar-refractivity contribution in [1.82, 2.24) is 24.2 Å². The van der Waals surface area contributed by atoms with Crippen LogP contribution in [0, 0.1) is 22.7 Å².